The van der Waals surface area contributed by atoms with E-state index in [4.69, 9.17) is 0 Å². The molecule has 57 heavy (non-hydrogen) atoms. The summed E-state index contributed by atoms with van der Waals surface area (Å²) >= 11 is 0. The van der Waals surface area contributed by atoms with Crippen molar-refractivity contribution in [2.45, 2.75) is 78.6 Å². The molecule has 2 nitrogen and oxygen atoms in total. The number of rotatable bonds is 4. The first-order valence-electron chi connectivity index (χ1n) is 20.6. The zero-order valence-electron chi connectivity index (χ0n) is 35.0. The van der Waals surface area contributed by atoms with Crippen LogP contribution in [0.5, 0.6) is 0 Å². The van der Waals surface area contributed by atoms with Crippen molar-refractivity contribution in [3.8, 4) is 22.3 Å². The second-order valence-electron chi connectivity index (χ2n) is 19.1. The lowest BCUT2D eigenvalue weighted by atomic mass is 9.33. The van der Waals surface area contributed by atoms with E-state index in [1.54, 1.807) is 0 Å². The van der Waals surface area contributed by atoms with Crippen LogP contribution in [0.25, 0.3) is 22.3 Å². The van der Waals surface area contributed by atoms with E-state index >= 15 is 0 Å². The molecule has 2 aliphatic heterocycles. The van der Waals surface area contributed by atoms with Crippen molar-refractivity contribution in [1.82, 2.24) is 0 Å². The molecule has 7 aromatic carbocycles. The van der Waals surface area contributed by atoms with Gasteiger partial charge in [-0.15, -0.1) is 0 Å². The summed E-state index contributed by atoms with van der Waals surface area (Å²) in [6.45, 7) is 21.0. The molecule has 0 saturated carbocycles. The van der Waals surface area contributed by atoms with Crippen molar-refractivity contribution in [3.05, 3.63) is 174 Å². The van der Waals surface area contributed by atoms with Crippen molar-refractivity contribution in [3.63, 3.8) is 0 Å². The molecule has 0 aliphatic carbocycles. The maximum atomic E-state index is 2.58. The first-order valence-corrected chi connectivity index (χ1v) is 20.6. The van der Waals surface area contributed by atoms with Crippen LogP contribution in [0.1, 0.15) is 79.0 Å². The van der Waals surface area contributed by atoms with E-state index < -0.39 is 0 Å². The van der Waals surface area contributed by atoms with Gasteiger partial charge in [-0.1, -0.05) is 172 Å². The van der Waals surface area contributed by atoms with Crippen molar-refractivity contribution in [2.75, 3.05) is 9.80 Å². The van der Waals surface area contributed by atoms with Gasteiger partial charge in [0.25, 0.3) is 6.71 Å². The first kappa shape index (κ1) is 36.8. The van der Waals surface area contributed by atoms with E-state index in [1.807, 2.05) is 0 Å². The third-order valence-corrected chi connectivity index (χ3v) is 12.1. The molecule has 0 spiro atoms. The molecular weight excluding hydrogens is 687 g/mol. The fourth-order valence-corrected chi connectivity index (χ4v) is 8.94. The van der Waals surface area contributed by atoms with Gasteiger partial charge in [0.05, 0.1) is 11.4 Å². The van der Waals surface area contributed by atoms with Crippen molar-refractivity contribution in [1.29, 1.82) is 0 Å². The zero-order valence-corrected chi connectivity index (χ0v) is 35.0. The number of anilines is 6. The summed E-state index contributed by atoms with van der Waals surface area (Å²) in [5, 5.41) is 0. The molecule has 0 saturated heterocycles. The number of nitrogens with zero attached hydrogens (tertiary/aromatic N) is 2. The topological polar surface area (TPSA) is 6.48 Å². The van der Waals surface area contributed by atoms with Gasteiger partial charge in [0, 0.05) is 33.9 Å². The molecule has 0 atom stereocenters. The van der Waals surface area contributed by atoms with Crippen LogP contribution < -0.4 is 26.2 Å². The number of para-hydroxylation sites is 2. The molecule has 0 amide bonds. The Kier molecular flexibility index (Phi) is 8.66. The predicted molar refractivity (Wildman–Crippen MR) is 247 cm³/mol. The fourth-order valence-electron chi connectivity index (χ4n) is 8.94. The standard InChI is InChI=1S/C54H53BN2/c1-52(2,3)38-28-30-45(41(32-38)36-20-12-10-13-21-36)56-47-26-18-16-24-43(47)55-44-25-17-19-27-48(44)57(50-35-40(54(7,8)9)34-49(56)51(50)55)46-31-29-39(53(4,5)6)33-42(46)37-22-14-11-15-23-37/h10-35H,1-9H3. The average molecular weight is 741 g/mol. The van der Waals surface area contributed by atoms with E-state index in [0.29, 0.717) is 0 Å². The van der Waals surface area contributed by atoms with Gasteiger partial charge in [0.15, 0.2) is 0 Å². The molecule has 0 unspecified atom stereocenters. The highest BCUT2D eigenvalue weighted by Crippen LogP contribution is 2.50. The Morgan fingerprint density at radius 2 is 0.702 bits per heavy atom. The van der Waals surface area contributed by atoms with Crippen LogP contribution in [-0.2, 0) is 16.2 Å². The minimum absolute atomic E-state index is 0.00148. The van der Waals surface area contributed by atoms with Crippen LogP contribution in [0.2, 0.25) is 0 Å². The second kappa shape index (κ2) is 13.4. The van der Waals surface area contributed by atoms with Crippen LogP contribution in [0.15, 0.2) is 158 Å². The van der Waals surface area contributed by atoms with Gasteiger partial charge in [-0.25, -0.2) is 0 Å². The Bertz CT molecular complexity index is 2460. The third kappa shape index (κ3) is 6.29. The lowest BCUT2D eigenvalue weighted by molar-refractivity contribution is 0.590. The first-order chi connectivity index (χ1) is 27.2. The minimum Gasteiger partial charge on any atom is -0.311 e. The Hall–Kier alpha value is -5.80. The highest BCUT2D eigenvalue weighted by molar-refractivity contribution is 7.00. The summed E-state index contributed by atoms with van der Waals surface area (Å²) in [7, 11) is 0. The Morgan fingerprint density at radius 3 is 1.09 bits per heavy atom. The number of fused-ring (bicyclic) bond motifs is 4. The molecule has 2 aliphatic rings. The van der Waals surface area contributed by atoms with Gasteiger partial charge < -0.3 is 9.80 Å². The molecule has 0 radical (unpaired) electrons. The molecule has 2 heterocycles. The van der Waals surface area contributed by atoms with Gasteiger partial charge in [-0.05, 0) is 109 Å². The molecule has 0 bridgehead atoms. The van der Waals surface area contributed by atoms with Gasteiger partial charge >= 0.3 is 0 Å². The second-order valence-corrected chi connectivity index (χ2v) is 19.1. The van der Waals surface area contributed by atoms with E-state index in [9.17, 15) is 0 Å². The molecular formula is C54H53BN2. The largest absolute Gasteiger partial charge is 0.311 e. The normalized spacial score (nSPS) is 13.6. The Morgan fingerprint density at radius 1 is 0.333 bits per heavy atom. The number of benzene rings is 7. The number of hydrogen-bond acceptors (Lipinski definition) is 2. The van der Waals surface area contributed by atoms with Crippen molar-refractivity contribution in [2.24, 2.45) is 0 Å². The van der Waals surface area contributed by atoms with Gasteiger partial charge in [0.2, 0.25) is 0 Å². The van der Waals surface area contributed by atoms with Gasteiger partial charge in [-0.2, -0.15) is 0 Å². The van der Waals surface area contributed by atoms with Crippen molar-refractivity contribution >= 4 is 57.2 Å². The Labute approximate surface area is 340 Å². The molecule has 0 fully saturated rings. The molecule has 0 N–H and O–H groups in total. The van der Waals surface area contributed by atoms with Crippen LogP contribution in [0.3, 0.4) is 0 Å². The van der Waals surface area contributed by atoms with Crippen LogP contribution in [0, 0.1) is 0 Å². The van der Waals surface area contributed by atoms with Crippen LogP contribution in [0.4, 0.5) is 34.1 Å². The highest BCUT2D eigenvalue weighted by Gasteiger charge is 2.44. The third-order valence-electron chi connectivity index (χ3n) is 12.1. The lowest BCUT2D eigenvalue weighted by Gasteiger charge is -2.45. The minimum atomic E-state index is -0.108. The molecule has 9 rings (SSSR count). The molecule has 282 valence electrons. The SMILES string of the molecule is CC(C)(C)c1ccc(N2c3ccccc3B3c4ccccc4N(c4ccc(C(C)(C)C)cc4-c4ccccc4)c4cc(C(C)(C)C)cc2c43)c(-c2ccccc2)c1. The van der Waals surface area contributed by atoms with Crippen LogP contribution in [-0.4, -0.2) is 6.71 Å². The Balaban J connectivity index is 1.40. The van der Waals surface area contributed by atoms with E-state index in [1.165, 1.54) is 89.5 Å². The highest BCUT2D eigenvalue weighted by atomic mass is 15.2. The monoisotopic (exact) mass is 740 g/mol. The fraction of sp³-hybridized carbons (Fsp3) is 0.222. The summed E-state index contributed by atoms with van der Waals surface area (Å²) < 4.78 is 0. The molecule has 0 aromatic heterocycles. The maximum absolute atomic E-state index is 2.58. The van der Waals surface area contributed by atoms with Crippen LogP contribution >= 0.6 is 0 Å². The quantitative estimate of drug-likeness (QED) is 0.166. The average Bonchev–Trinajstić information content (AvgIpc) is 3.20. The number of hydrogen-bond donors (Lipinski definition) is 0. The summed E-state index contributed by atoms with van der Waals surface area (Å²) in [6.07, 6.45) is 0. The predicted octanol–water partition coefficient (Wildman–Crippen LogP) is 13.0. The summed E-state index contributed by atoms with van der Waals surface area (Å²) in [5.41, 5.74) is 20.1. The lowest BCUT2D eigenvalue weighted by Crippen LogP contribution is -2.61. The maximum Gasteiger partial charge on any atom is 0.252 e. The summed E-state index contributed by atoms with van der Waals surface area (Å²) in [6, 6.07) is 59.5. The van der Waals surface area contributed by atoms with E-state index in [0.717, 1.165) is 0 Å². The van der Waals surface area contributed by atoms with Crippen molar-refractivity contribution < 1.29 is 0 Å². The smallest absolute Gasteiger partial charge is 0.252 e. The van der Waals surface area contributed by atoms with Gasteiger partial charge in [-0.3, -0.25) is 0 Å². The molecule has 3 heteroatoms. The summed E-state index contributed by atoms with van der Waals surface area (Å²) in [5.74, 6) is 0. The van der Waals surface area contributed by atoms with E-state index in [2.05, 4.69) is 230 Å². The molecule has 7 aromatic rings. The van der Waals surface area contributed by atoms with Gasteiger partial charge in [0.1, 0.15) is 0 Å². The summed E-state index contributed by atoms with van der Waals surface area (Å²) in [4.78, 5) is 5.17. The van der Waals surface area contributed by atoms with E-state index in [-0.39, 0.29) is 23.0 Å². The zero-order chi connectivity index (χ0) is 39.9.